The number of rotatable bonds is 14. The highest BCUT2D eigenvalue weighted by molar-refractivity contribution is 7.17. The van der Waals surface area contributed by atoms with Crippen LogP contribution in [-0.4, -0.2) is 0 Å². The van der Waals surface area contributed by atoms with Crippen LogP contribution in [0, 0.1) is 0 Å². The lowest BCUT2D eigenvalue weighted by Crippen LogP contribution is -1.88. The van der Waals surface area contributed by atoms with Crippen molar-refractivity contribution in [2.24, 2.45) is 0 Å². The van der Waals surface area contributed by atoms with Crippen molar-refractivity contribution in [3.63, 3.8) is 0 Å². The highest BCUT2D eigenvalue weighted by Crippen LogP contribution is 2.41. The van der Waals surface area contributed by atoms with Gasteiger partial charge in [-0.05, 0) is 92.0 Å². The van der Waals surface area contributed by atoms with E-state index in [1.165, 1.54) is 142 Å². The van der Waals surface area contributed by atoms with Crippen LogP contribution < -0.4 is 0 Å². The minimum atomic E-state index is 1.21. The minimum absolute atomic E-state index is 1.21. The van der Waals surface area contributed by atoms with Gasteiger partial charge in [-0.2, -0.15) is 0 Å². The predicted octanol–water partition coefficient (Wildman–Crippen LogP) is 13.4. The number of thiophene rings is 2. The first-order valence-corrected chi connectivity index (χ1v) is 17.7. The Balaban J connectivity index is 1.33. The normalized spacial score (nSPS) is 12.2. The van der Waals surface area contributed by atoms with Gasteiger partial charge in [-0.15, -0.1) is 22.7 Å². The molecule has 0 fully saturated rings. The molecule has 0 radical (unpaired) electrons. The van der Waals surface area contributed by atoms with Crippen molar-refractivity contribution in [3.05, 3.63) is 70.4 Å². The second-order valence-electron chi connectivity index (χ2n) is 11.9. The average Bonchev–Trinajstić information content (AvgIpc) is 3.60. The molecule has 208 valence electrons. The average molecular weight is 565 g/mol. The van der Waals surface area contributed by atoms with Crippen molar-refractivity contribution in [2.45, 2.75) is 104 Å². The standard InChI is InChI=1S/C38H44S2/c1-3-5-7-9-11-13-15-27-25-39-35-23-21-31-29-18-20-34-32(30(29)17-19-33(31)37(27)35)22-24-36-38(34)28(26-40-36)16-14-12-10-8-6-4-2/h17-26H,3-16H2,1-2H3. The first-order chi connectivity index (χ1) is 19.8. The van der Waals surface area contributed by atoms with Crippen molar-refractivity contribution >= 4 is 75.2 Å². The first kappa shape index (κ1) is 27.7. The smallest absolute Gasteiger partial charge is 0.0352 e. The number of hydrogen-bond acceptors (Lipinski definition) is 2. The SMILES string of the molecule is CCCCCCCCc1csc2ccc3c4ccc5c(ccc6scc(CCCCCCCC)c65)c4ccc3c12. The first-order valence-electron chi connectivity index (χ1n) is 16.0. The highest BCUT2D eigenvalue weighted by atomic mass is 32.1. The van der Waals surface area contributed by atoms with Crippen molar-refractivity contribution < 1.29 is 0 Å². The molecule has 40 heavy (non-hydrogen) atoms. The van der Waals surface area contributed by atoms with Crippen molar-refractivity contribution in [1.82, 2.24) is 0 Å². The number of aryl methyl sites for hydroxylation is 2. The lowest BCUT2D eigenvalue weighted by atomic mass is 9.92. The van der Waals surface area contributed by atoms with Crippen LogP contribution in [0.15, 0.2) is 59.3 Å². The molecule has 2 aromatic heterocycles. The van der Waals surface area contributed by atoms with E-state index in [0.29, 0.717) is 0 Å². The molecule has 0 saturated carbocycles. The van der Waals surface area contributed by atoms with Gasteiger partial charge in [0.15, 0.2) is 0 Å². The molecule has 4 aromatic carbocycles. The molecule has 0 aliphatic heterocycles. The van der Waals surface area contributed by atoms with E-state index in [4.69, 9.17) is 0 Å². The molecular weight excluding hydrogens is 521 g/mol. The zero-order valence-electron chi connectivity index (χ0n) is 24.5. The van der Waals surface area contributed by atoms with Gasteiger partial charge in [0.05, 0.1) is 0 Å². The maximum Gasteiger partial charge on any atom is 0.0352 e. The Morgan fingerprint density at radius 2 is 0.750 bits per heavy atom. The Bertz CT molecular complexity index is 1600. The topological polar surface area (TPSA) is 0 Å². The zero-order valence-corrected chi connectivity index (χ0v) is 26.1. The summed E-state index contributed by atoms with van der Waals surface area (Å²) in [5.74, 6) is 0. The fourth-order valence-electron chi connectivity index (χ4n) is 6.80. The van der Waals surface area contributed by atoms with Crippen LogP contribution in [0.3, 0.4) is 0 Å². The molecule has 0 aliphatic rings. The van der Waals surface area contributed by atoms with E-state index in [1.807, 2.05) is 22.7 Å². The van der Waals surface area contributed by atoms with Crippen LogP contribution in [0.2, 0.25) is 0 Å². The molecule has 0 atom stereocenters. The molecule has 0 amide bonds. The Labute approximate surface area is 248 Å². The van der Waals surface area contributed by atoms with Gasteiger partial charge in [0.2, 0.25) is 0 Å². The summed E-state index contributed by atoms with van der Waals surface area (Å²) in [4.78, 5) is 0. The van der Waals surface area contributed by atoms with Gasteiger partial charge < -0.3 is 0 Å². The Kier molecular flexibility index (Phi) is 9.05. The van der Waals surface area contributed by atoms with Crippen molar-refractivity contribution in [2.75, 3.05) is 0 Å². The molecule has 0 spiro atoms. The lowest BCUT2D eigenvalue weighted by molar-refractivity contribution is 0.608. The van der Waals surface area contributed by atoms with Gasteiger partial charge in [0.1, 0.15) is 0 Å². The van der Waals surface area contributed by atoms with E-state index in [-0.39, 0.29) is 0 Å². The maximum absolute atomic E-state index is 2.43. The largest absolute Gasteiger partial charge is 0.143 e. The zero-order chi connectivity index (χ0) is 27.3. The Hall–Kier alpha value is -2.42. The van der Waals surface area contributed by atoms with Crippen LogP contribution in [0.1, 0.15) is 102 Å². The molecular formula is C38H44S2. The van der Waals surface area contributed by atoms with Gasteiger partial charge in [0, 0.05) is 20.2 Å². The second kappa shape index (κ2) is 13.0. The number of hydrogen-bond donors (Lipinski definition) is 0. The van der Waals surface area contributed by atoms with E-state index in [0.717, 1.165) is 0 Å². The van der Waals surface area contributed by atoms with E-state index in [2.05, 4.69) is 73.1 Å². The van der Waals surface area contributed by atoms with Gasteiger partial charge in [0.25, 0.3) is 0 Å². The molecule has 0 nitrogen and oxygen atoms in total. The molecule has 0 aliphatic carbocycles. The summed E-state index contributed by atoms with van der Waals surface area (Å²) < 4.78 is 2.88. The van der Waals surface area contributed by atoms with E-state index in [1.54, 1.807) is 11.1 Å². The third-order valence-electron chi connectivity index (χ3n) is 9.02. The summed E-state index contributed by atoms with van der Waals surface area (Å²) in [6.07, 6.45) is 18.7. The van der Waals surface area contributed by atoms with Gasteiger partial charge >= 0.3 is 0 Å². The third kappa shape index (κ3) is 5.55. The Morgan fingerprint density at radius 3 is 1.20 bits per heavy atom. The molecule has 6 rings (SSSR count). The predicted molar refractivity (Wildman–Crippen MR) is 184 cm³/mol. The third-order valence-corrected chi connectivity index (χ3v) is 11.0. The molecule has 2 heterocycles. The monoisotopic (exact) mass is 564 g/mol. The Morgan fingerprint density at radius 1 is 0.400 bits per heavy atom. The van der Waals surface area contributed by atoms with Gasteiger partial charge in [-0.1, -0.05) is 114 Å². The molecule has 0 N–H and O–H groups in total. The summed E-state index contributed by atoms with van der Waals surface area (Å²) in [7, 11) is 0. The summed E-state index contributed by atoms with van der Waals surface area (Å²) in [5.41, 5.74) is 3.11. The lowest BCUT2D eigenvalue weighted by Gasteiger charge is -2.11. The van der Waals surface area contributed by atoms with Crippen molar-refractivity contribution in [1.29, 1.82) is 0 Å². The summed E-state index contributed by atoms with van der Waals surface area (Å²) in [5, 5.41) is 16.4. The van der Waals surface area contributed by atoms with E-state index >= 15 is 0 Å². The van der Waals surface area contributed by atoms with Crippen LogP contribution in [0.4, 0.5) is 0 Å². The number of fused-ring (bicyclic) bond motifs is 9. The number of unbranched alkanes of at least 4 members (excludes halogenated alkanes) is 10. The van der Waals surface area contributed by atoms with Crippen LogP contribution >= 0.6 is 22.7 Å². The number of benzene rings is 4. The van der Waals surface area contributed by atoms with E-state index < -0.39 is 0 Å². The van der Waals surface area contributed by atoms with Crippen LogP contribution in [-0.2, 0) is 12.8 Å². The molecule has 0 bridgehead atoms. The fourth-order valence-corrected chi connectivity index (χ4v) is 8.82. The minimum Gasteiger partial charge on any atom is -0.143 e. The summed E-state index contributed by atoms with van der Waals surface area (Å²) in [6.45, 7) is 4.60. The summed E-state index contributed by atoms with van der Waals surface area (Å²) >= 11 is 3.85. The highest BCUT2D eigenvalue weighted by Gasteiger charge is 2.14. The van der Waals surface area contributed by atoms with Crippen molar-refractivity contribution in [3.8, 4) is 0 Å². The summed E-state index contributed by atoms with van der Waals surface area (Å²) in [6, 6.07) is 19.2. The fraction of sp³-hybridized carbons (Fsp3) is 0.421. The van der Waals surface area contributed by atoms with Crippen LogP contribution in [0.5, 0.6) is 0 Å². The molecule has 6 aromatic rings. The van der Waals surface area contributed by atoms with Crippen LogP contribution in [0.25, 0.3) is 52.5 Å². The quantitative estimate of drug-likeness (QED) is 0.0911. The van der Waals surface area contributed by atoms with E-state index in [9.17, 15) is 0 Å². The van der Waals surface area contributed by atoms with Gasteiger partial charge in [-0.3, -0.25) is 0 Å². The molecule has 0 unspecified atom stereocenters. The second-order valence-corrected chi connectivity index (χ2v) is 13.7. The molecule has 2 heteroatoms. The van der Waals surface area contributed by atoms with Gasteiger partial charge in [-0.25, -0.2) is 0 Å². The maximum atomic E-state index is 2.43. The molecule has 0 saturated heterocycles.